The number of phenolic OH excluding ortho intramolecular Hbond substituents is 1. The summed E-state index contributed by atoms with van der Waals surface area (Å²) in [5, 5.41) is 13.6. The smallest absolute Gasteiger partial charge is 0.248 e. The quantitative estimate of drug-likeness (QED) is 0.937. The first-order chi connectivity index (χ1) is 9.76. The second-order valence-electron chi connectivity index (χ2n) is 4.91. The first kappa shape index (κ1) is 15.5. The average molecular weight is 310 g/mol. The molecule has 1 N–H and O–H groups in total. The number of hydrogen-bond acceptors (Lipinski definition) is 5. The van der Waals surface area contributed by atoms with Crippen molar-refractivity contribution >= 4 is 10.0 Å². The van der Waals surface area contributed by atoms with Crippen LogP contribution in [0.5, 0.6) is 5.75 Å². The third kappa shape index (κ3) is 2.66. The monoisotopic (exact) mass is 310 g/mol. The van der Waals surface area contributed by atoms with Crippen molar-refractivity contribution < 1.29 is 18.0 Å². The fourth-order valence-electron chi connectivity index (χ4n) is 2.23. The van der Waals surface area contributed by atoms with E-state index in [2.05, 4.69) is 5.16 Å². The number of para-hydroxylation sites is 1. The molecular formula is C14H18N2O4S. The minimum Gasteiger partial charge on any atom is -0.508 e. The molecule has 2 aromatic rings. The van der Waals surface area contributed by atoms with Gasteiger partial charge in [0, 0.05) is 12.6 Å². The van der Waals surface area contributed by atoms with Gasteiger partial charge in [-0.1, -0.05) is 23.4 Å². The zero-order valence-electron chi connectivity index (χ0n) is 12.4. The summed E-state index contributed by atoms with van der Waals surface area (Å²) in [6, 6.07) is 6.14. The van der Waals surface area contributed by atoms with Gasteiger partial charge in [0.1, 0.15) is 16.3 Å². The Balaban J connectivity index is 2.44. The van der Waals surface area contributed by atoms with Crippen LogP contribution in [0, 0.1) is 13.8 Å². The number of aromatic nitrogens is 1. The van der Waals surface area contributed by atoms with E-state index in [4.69, 9.17) is 4.52 Å². The Morgan fingerprint density at radius 3 is 2.43 bits per heavy atom. The van der Waals surface area contributed by atoms with Crippen LogP contribution in [0.15, 0.2) is 33.7 Å². The molecule has 1 aromatic carbocycles. The van der Waals surface area contributed by atoms with Crippen molar-refractivity contribution in [2.75, 3.05) is 7.05 Å². The number of aromatic hydroxyl groups is 1. The SMILES string of the molecule is Cc1noc(C)c1S(=O)(=O)N(C)C(C)c1ccccc1O. The first-order valence-electron chi connectivity index (χ1n) is 6.45. The van der Waals surface area contributed by atoms with Gasteiger partial charge in [-0.15, -0.1) is 0 Å². The Kier molecular flexibility index (Phi) is 4.06. The van der Waals surface area contributed by atoms with Crippen molar-refractivity contribution in [3.8, 4) is 5.75 Å². The number of nitrogens with zero attached hydrogens (tertiary/aromatic N) is 2. The van der Waals surface area contributed by atoms with E-state index in [9.17, 15) is 13.5 Å². The van der Waals surface area contributed by atoms with Crippen LogP contribution in [0.1, 0.15) is 30.0 Å². The molecule has 0 radical (unpaired) electrons. The second kappa shape index (κ2) is 5.50. The molecule has 0 spiro atoms. The second-order valence-corrected chi connectivity index (χ2v) is 6.84. The molecule has 0 aliphatic rings. The molecule has 1 unspecified atom stereocenters. The molecule has 0 aliphatic heterocycles. The predicted octanol–water partition coefficient (Wildman–Crippen LogP) is 2.38. The zero-order chi connectivity index (χ0) is 15.8. The van der Waals surface area contributed by atoms with Crippen LogP contribution in [0.25, 0.3) is 0 Å². The molecule has 0 amide bonds. The van der Waals surface area contributed by atoms with E-state index >= 15 is 0 Å². The predicted molar refractivity (Wildman–Crippen MR) is 77.4 cm³/mol. The van der Waals surface area contributed by atoms with Gasteiger partial charge in [-0.05, 0) is 26.8 Å². The highest BCUT2D eigenvalue weighted by Gasteiger charge is 2.32. The van der Waals surface area contributed by atoms with Crippen LogP contribution >= 0.6 is 0 Å². The highest BCUT2D eigenvalue weighted by atomic mass is 32.2. The summed E-state index contributed by atoms with van der Waals surface area (Å²) in [7, 11) is -2.28. The third-order valence-corrected chi connectivity index (χ3v) is 5.71. The van der Waals surface area contributed by atoms with Crippen molar-refractivity contribution in [2.45, 2.75) is 31.7 Å². The summed E-state index contributed by atoms with van der Waals surface area (Å²) in [5.41, 5.74) is 0.860. The lowest BCUT2D eigenvalue weighted by Gasteiger charge is -2.25. The Hall–Kier alpha value is -1.86. The van der Waals surface area contributed by atoms with Crippen molar-refractivity contribution in [3.63, 3.8) is 0 Å². The van der Waals surface area contributed by atoms with Crippen molar-refractivity contribution in [1.82, 2.24) is 9.46 Å². The van der Waals surface area contributed by atoms with E-state index in [0.29, 0.717) is 11.3 Å². The molecule has 1 heterocycles. The van der Waals surface area contributed by atoms with Crippen molar-refractivity contribution in [2.24, 2.45) is 0 Å². The molecule has 114 valence electrons. The summed E-state index contributed by atoms with van der Waals surface area (Å²) < 4.78 is 31.5. The molecule has 1 aromatic heterocycles. The van der Waals surface area contributed by atoms with E-state index in [0.717, 1.165) is 0 Å². The summed E-state index contributed by atoms with van der Waals surface area (Å²) in [6.45, 7) is 4.86. The molecule has 0 aliphatic carbocycles. The lowest BCUT2D eigenvalue weighted by Crippen LogP contribution is -2.30. The Bertz CT molecular complexity index is 733. The van der Waals surface area contributed by atoms with Gasteiger partial charge in [0.25, 0.3) is 0 Å². The van der Waals surface area contributed by atoms with Gasteiger partial charge in [-0.25, -0.2) is 8.42 Å². The van der Waals surface area contributed by atoms with Crippen LogP contribution in [-0.2, 0) is 10.0 Å². The van der Waals surface area contributed by atoms with Crippen molar-refractivity contribution in [3.05, 3.63) is 41.3 Å². The topological polar surface area (TPSA) is 83.6 Å². The summed E-state index contributed by atoms with van der Waals surface area (Å²) in [6.07, 6.45) is 0. The lowest BCUT2D eigenvalue weighted by atomic mass is 10.1. The van der Waals surface area contributed by atoms with E-state index in [1.54, 1.807) is 39.0 Å². The van der Waals surface area contributed by atoms with Gasteiger partial charge < -0.3 is 9.63 Å². The van der Waals surface area contributed by atoms with Gasteiger partial charge in [0.2, 0.25) is 10.0 Å². The Labute approximate surface area is 124 Å². The molecule has 0 bridgehead atoms. The van der Waals surface area contributed by atoms with E-state index in [1.165, 1.54) is 17.4 Å². The highest BCUT2D eigenvalue weighted by molar-refractivity contribution is 7.89. The number of hydrogen-bond donors (Lipinski definition) is 1. The van der Waals surface area contributed by atoms with Crippen LogP contribution in [0.3, 0.4) is 0 Å². The van der Waals surface area contributed by atoms with E-state index in [-0.39, 0.29) is 16.4 Å². The fraction of sp³-hybridized carbons (Fsp3) is 0.357. The summed E-state index contributed by atoms with van der Waals surface area (Å²) in [4.78, 5) is 0.0762. The van der Waals surface area contributed by atoms with Gasteiger partial charge in [0.05, 0.1) is 6.04 Å². The maximum absolute atomic E-state index is 12.7. The standard InChI is InChI=1S/C14H18N2O4S/c1-9-14(11(3)20-15-9)21(18,19)16(4)10(2)12-7-5-6-8-13(12)17/h5-8,10,17H,1-4H3. The average Bonchev–Trinajstić information content (AvgIpc) is 2.77. The molecule has 21 heavy (non-hydrogen) atoms. The van der Waals surface area contributed by atoms with Crippen LogP contribution < -0.4 is 0 Å². The van der Waals surface area contributed by atoms with Gasteiger partial charge in [-0.2, -0.15) is 4.31 Å². The molecular weight excluding hydrogens is 292 g/mol. The minimum atomic E-state index is -3.76. The van der Waals surface area contributed by atoms with Crippen LogP contribution in [0.4, 0.5) is 0 Å². The number of sulfonamides is 1. The Morgan fingerprint density at radius 2 is 1.90 bits per heavy atom. The third-order valence-electron chi connectivity index (χ3n) is 3.54. The summed E-state index contributed by atoms with van der Waals surface area (Å²) in [5.74, 6) is 0.314. The molecule has 0 saturated heterocycles. The van der Waals surface area contributed by atoms with Crippen LogP contribution in [0.2, 0.25) is 0 Å². The van der Waals surface area contributed by atoms with Gasteiger partial charge in [0.15, 0.2) is 5.76 Å². The zero-order valence-corrected chi connectivity index (χ0v) is 13.2. The number of rotatable bonds is 4. The molecule has 1 atom stereocenters. The molecule has 0 fully saturated rings. The fourth-order valence-corrected chi connectivity index (χ4v) is 3.86. The molecule has 7 heteroatoms. The number of benzene rings is 1. The minimum absolute atomic E-state index is 0.0609. The van der Waals surface area contributed by atoms with Gasteiger partial charge in [-0.3, -0.25) is 0 Å². The summed E-state index contributed by atoms with van der Waals surface area (Å²) >= 11 is 0. The lowest BCUT2D eigenvalue weighted by molar-refractivity contribution is 0.376. The van der Waals surface area contributed by atoms with Crippen molar-refractivity contribution in [1.29, 1.82) is 0 Å². The first-order valence-corrected chi connectivity index (χ1v) is 7.89. The maximum atomic E-state index is 12.7. The molecule has 2 rings (SSSR count). The largest absolute Gasteiger partial charge is 0.508 e. The number of aryl methyl sites for hydroxylation is 2. The van der Waals surface area contributed by atoms with E-state index < -0.39 is 16.1 Å². The van der Waals surface area contributed by atoms with Crippen LogP contribution in [-0.4, -0.2) is 30.0 Å². The highest BCUT2D eigenvalue weighted by Crippen LogP contribution is 2.32. The van der Waals surface area contributed by atoms with Gasteiger partial charge >= 0.3 is 0 Å². The normalized spacial score (nSPS) is 13.6. The molecule has 6 nitrogen and oxygen atoms in total. The van der Waals surface area contributed by atoms with E-state index in [1.807, 2.05) is 0 Å². The Morgan fingerprint density at radius 1 is 1.29 bits per heavy atom. The number of phenols is 1. The maximum Gasteiger partial charge on any atom is 0.248 e. The molecule has 0 saturated carbocycles.